The summed E-state index contributed by atoms with van der Waals surface area (Å²) < 4.78 is 5.72. The van der Waals surface area contributed by atoms with Crippen LogP contribution in [-0.4, -0.2) is 40.1 Å². The molecule has 0 unspecified atom stereocenters. The van der Waals surface area contributed by atoms with Crippen LogP contribution in [0.2, 0.25) is 0 Å². The molecule has 1 atom stereocenters. The molecule has 25 heavy (non-hydrogen) atoms. The predicted molar refractivity (Wildman–Crippen MR) is 96.8 cm³/mol. The fourth-order valence-electron chi connectivity index (χ4n) is 2.76. The van der Waals surface area contributed by atoms with Crippen molar-refractivity contribution in [2.75, 3.05) is 18.4 Å². The molecule has 1 N–H and O–H groups in total. The zero-order valence-electron chi connectivity index (χ0n) is 14.9. The van der Waals surface area contributed by atoms with E-state index in [4.69, 9.17) is 4.74 Å². The molecular formula is C19H24N4O2. The van der Waals surface area contributed by atoms with E-state index < -0.39 is 0 Å². The first-order valence-electron chi connectivity index (χ1n) is 8.52. The van der Waals surface area contributed by atoms with Gasteiger partial charge in [-0.05, 0) is 29.2 Å². The third-order valence-corrected chi connectivity index (χ3v) is 4.25. The van der Waals surface area contributed by atoms with E-state index in [2.05, 4.69) is 48.2 Å². The lowest BCUT2D eigenvalue weighted by Gasteiger charge is -2.20. The number of ether oxygens (including phenoxy) is 1. The predicted octanol–water partition coefficient (Wildman–Crippen LogP) is 3.46. The molecule has 1 fully saturated rings. The average molecular weight is 340 g/mol. The van der Waals surface area contributed by atoms with Crippen LogP contribution in [0.3, 0.4) is 0 Å². The maximum absolute atomic E-state index is 12.4. The number of anilines is 1. The number of carbonyl (C=O) groups is 1. The number of amides is 2. The fourth-order valence-corrected chi connectivity index (χ4v) is 2.76. The van der Waals surface area contributed by atoms with Gasteiger partial charge in [-0.25, -0.2) is 14.8 Å². The Morgan fingerprint density at radius 2 is 1.88 bits per heavy atom. The number of urea groups is 1. The summed E-state index contributed by atoms with van der Waals surface area (Å²) in [6.07, 6.45) is 3.98. The van der Waals surface area contributed by atoms with Gasteiger partial charge in [0.05, 0.1) is 6.54 Å². The normalized spacial score (nSPS) is 17.4. The topological polar surface area (TPSA) is 67.4 Å². The largest absolute Gasteiger partial charge is 0.458 e. The number of rotatable bonds is 3. The van der Waals surface area contributed by atoms with Crippen molar-refractivity contribution in [2.24, 2.45) is 0 Å². The highest BCUT2D eigenvalue weighted by atomic mass is 16.5. The number of nitrogens with one attached hydrogen (secondary N) is 1. The molecule has 1 aromatic carbocycles. The van der Waals surface area contributed by atoms with Crippen LogP contribution < -0.4 is 10.1 Å². The Morgan fingerprint density at radius 3 is 2.52 bits per heavy atom. The van der Waals surface area contributed by atoms with Crippen molar-refractivity contribution >= 4 is 11.7 Å². The minimum absolute atomic E-state index is 0.0728. The molecule has 1 aliphatic rings. The first-order valence-corrected chi connectivity index (χ1v) is 8.52. The molecule has 132 valence electrons. The van der Waals surface area contributed by atoms with Crippen molar-refractivity contribution in [2.45, 2.75) is 38.7 Å². The number of likely N-dealkylation sites (tertiary alicyclic amines) is 1. The molecule has 2 heterocycles. The van der Waals surface area contributed by atoms with Crippen LogP contribution in [0, 0.1) is 0 Å². The molecule has 0 radical (unpaired) electrons. The summed E-state index contributed by atoms with van der Waals surface area (Å²) in [7, 11) is 0. The van der Waals surface area contributed by atoms with E-state index in [1.54, 1.807) is 23.4 Å². The minimum Gasteiger partial charge on any atom is -0.458 e. The molecule has 6 nitrogen and oxygen atoms in total. The quantitative estimate of drug-likeness (QED) is 0.929. The third-order valence-electron chi connectivity index (χ3n) is 4.25. The summed E-state index contributed by atoms with van der Waals surface area (Å²) in [5, 5.41) is 2.95. The summed E-state index contributed by atoms with van der Waals surface area (Å²) in [6, 6.07) is 9.99. The molecule has 3 rings (SSSR count). The van der Waals surface area contributed by atoms with Gasteiger partial charge in [-0.15, -0.1) is 0 Å². The molecule has 0 spiro atoms. The Kier molecular flexibility index (Phi) is 4.88. The molecule has 1 aromatic heterocycles. The van der Waals surface area contributed by atoms with E-state index >= 15 is 0 Å². The van der Waals surface area contributed by atoms with Gasteiger partial charge >= 0.3 is 12.0 Å². The molecular weight excluding hydrogens is 316 g/mol. The summed E-state index contributed by atoms with van der Waals surface area (Å²) in [6.45, 7) is 7.69. The number of benzene rings is 1. The van der Waals surface area contributed by atoms with Gasteiger partial charge < -0.3 is 15.0 Å². The van der Waals surface area contributed by atoms with E-state index in [9.17, 15) is 4.79 Å². The standard InChI is InChI=1S/C19H24N4O2/c1-19(2,3)14-5-7-15(8-6-14)22-18(24)23-12-9-16(13-23)25-17-20-10-4-11-21-17/h4-8,10-11,16H,9,12-13H2,1-3H3,(H,22,24)/t16-/m1/s1. The van der Waals surface area contributed by atoms with Crippen LogP contribution in [0.4, 0.5) is 10.5 Å². The van der Waals surface area contributed by atoms with Gasteiger partial charge in [-0.3, -0.25) is 0 Å². The zero-order chi connectivity index (χ0) is 17.9. The first kappa shape index (κ1) is 17.2. The number of hydrogen-bond donors (Lipinski definition) is 1. The second-order valence-electron chi connectivity index (χ2n) is 7.26. The molecule has 0 aliphatic carbocycles. The van der Waals surface area contributed by atoms with Gasteiger partial charge in [0.15, 0.2) is 0 Å². The van der Waals surface area contributed by atoms with Gasteiger partial charge in [0.25, 0.3) is 0 Å². The van der Waals surface area contributed by atoms with Crippen LogP contribution in [0.5, 0.6) is 6.01 Å². The Labute approximate surface area is 148 Å². The van der Waals surface area contributed by atoms with Crippen LogP contribution in [-0.2, 0) is 5.41 Å². The van der Waals surface area contributed by atoms with Gasteiger partial charge in [-0.1, -0.05) is 32.9 Å². The summed E-state index contributed by atoms with van der Waals surface area (Å²) >= 11 is 0. The Bertz CT molecular complexity index is 710. The van der Waals surface area contributed by atoms with Gasteiger partial charge in [0.1, 0.15) is 6.10 Å². The Morgan fingerprint density at radius 1 is 1.20 bits per heavy atom. The van der Waals surface area contributed by atoms with Crippen LogP contribution >= 0.6 is 0 Å². The molecule has 2 amide bonds. The fraction of sp³-hybridized carbons (Fsp3) is 0.421. The van der Waals surface area contributed by atoms with E-state index in [1.807, 2.05) is 12.1 Å². The number of nitrogens with zero attached hydrogens (tertiary/aromatic N) is 3. The summed E-state index contributed by atoms with van der Waals surface area (Å²) in [5.74, 6) is 0. The molecule has 0 bridgehead atoms. The van der Waals surface area contributed by atoms with E-state index in [1.165, 1.54) is 5.56 Å². The Balaban J connectivity index is 1.54. The van der Waals surface area contributed by atoms with E-state index in [0.717, 1.165) is 12.1 Å². The lowest BCUT2D eigenvalue weighted by molar-refractivity contribution is 0.184. The van der Waals surface area contributed by atoms with Crippen molar-refractivity contribution in [3.8, 4) is 6.01 Å². The van der Waals surface area contributed by atoms with E-state index in [-0.39, 0.29) is 17.6 Å². The molecule has 1 saturated heterocycles. The first-order chi connectivity index (χ1) is 11.9. The maximum Gasteiger partial charge on any atom is 0.321 e. The average Bonchev–Trinajstić information content (AvgIpc) is 3.04. The van der Waals surface area contributed by atoms with Crippen molar-refractivity contribution in [3.05, 3.63) is 48.3 Å². The van der Waals surface area contributed by atoms with Crippen LogP contribution in [0.25, 0.3) is 0 Å². The smallest absolute Gasteiger partial charge is 0.321 e. The lowest BCUT2D eigenvalue weighted by atomic mass is 9.87. The number of hydrogen-bond acceptors (Lipinski definition) is 4. The van der Waals surface area contributed by atoms with Crippen molar-refractivity contribution in [1.29, 1.82) is 0 Å². The second-order valence-corrected chi connectivity index (χ2v) is 7.26. The molecule has 1 aliphatic heterocycles. The lowest BCUT2D eigenvalue weighted by Crippen LogP contribution is -2.34. The van der Waals surface area contributed by atoms with Crippen molar-refractivity contribution < 1.29 is 9.53 Å². The van der Waals surface area contributed by atoms with Gasteiger partial charge in [0.2, 0.25) is 0 Å². The monoisotopic (exact) mass is 340 g/mol. The highest BCUT2D eigenvalue weighted by Crippen LogP contribution is 2.24. The molecule has 6 heteroatoms. The van der Waals surface area contributed by atoms with Gasteiger partial charge in [-0.2, -0.15) is 0 Å². The third kappa shape index (κ3) is 4.47. The minimum atomic E-state index is -0.108. The summed E-state index contributed by atoms with van der Waals surface area (Å²) in [5.41, 5.74) is 2.14. The highest BCUT2D eigenvalue weighted by Gasteiger charge is 2.28. The zero-order valence-corrected chi connectivity index (χ0v) is 14.9. The SMILES string of the molecule is CC(C)(C)c1ccc(NC(=O)N2CC[C@@H](Oc3ncccn3)C2)cc1. The van der Waals surface area contributed by atoms with Gasteiger partial charge in [0, 0.05) is 31.0 Å². The number of carbonyl (C=O) groups excluding carboxylic acids is 1. The second kappa shape index (κ2) is 7.09. The van der Waals surface area contributed by atoms with Crippen molar-refractivity contribution in [1.82, 2.24) is 14.9 Å². The maximum atomic E-state index is 12.4. The van der Waals surface area contributed by atoms with Crippen LogP contribution in [0.15, 0.2) is 42.7 Å². The molecule has 2 aromatic rings. The number of aromatic nitrogens is 2. The van der Waals surface area contributed by atoms with Crippen molar-refractivity contribution in [3.63, 3.8) is 0 Å². The van der Waals surface area contributed by atoms with E-state index in [0.29, 0.717) is 19.1 Å². The highest BCUT2D eigenvalue weighted by molar-refractivity contribution is 5.89. The van der Waals surface area contributed by atoms with Crippen LogP contribution in [0.1, 0.15) is 32.8 Å². The molecule has 0 saturated carbocycles. The Hall–Kier alpha value is -2.63. The summed E-state index contributed by atoms with van der Waals surface area (Å²) in [4.78, 5) is 22.3.